The summed E-state index contributed by atoms with van der Waals surface area (Å²) in [4.78, 5) is 59.1. The molecule has 2 aromatic rings. The molecule has 0 radical (unpaired) electrons. The second-order valence-electron chi connectivity index (χ2n) is 10.5. The van der Waals surface area contributed by atoms with Crippen LogP contribution in [0.3, 0.4) is 0 Å². The van der Waals surface area contributed by atoms with Crippen molar-refractivity contribution in [2.45, 2.75) is 57.2 Å². The van der Waals surface area contributed by atoms with Crippen molar-refractivity contribution in [2.24, 2.45) is 0 Å². The van der Waals surface area contributed by atoms with Gasteiger partial charge in [0.25, 0.3) is 0 Å². The maximum Gasteiger partial charge on any atom is 0.416 e. The van der Waals surface area contributed by atoms with Crippen molar-refractivity contribution >= 4 is 23.7 Å². The number of rotatable bonds is 5. The molecule has 3 aliphatic rings. The summed E-state index contributed by atoms with van der Waals surface area (Å²) in [6.07, 6.45) is 7.29. The number of nitrogens with zero attached hydrogens (tertiary/aromatic N) is 3. The molecule has 5 rings (SSSR count). The quantitative estimate of drug-likeness (QED) is 0.528. The molecule has 212 valence electrons. The number of fused-ring (bicyclic) bond motifs is 1. The van der Waals surface area contributed by atoms with Crippen LogP contribution in [0.15, 0.2) is 64.1 Å². The Morgan fingerprint density at radius 2 is 1.73 bits per heavy atom. The van der Waals surface area contributed by atoms with Gasteiger partial charge in [-0.15, -0.1) is 0 Å². The third kappa shape index (κ3) is 6.64. The smallest absolute Gasteiger partial charge is 0.416 e. The van der Waals surface area contributed by atoms with Gasteiger partial charge < -0.3 is 29.8 Å². The lowest BCUT2D eigenvalue weighted by atomic mass is 10.0. The third-order valence-corrected chi connectivity index (χ3v) is 7.82. The molecule has 1 aromatic carbocycles. The van der Waals surface area contributed by atoms with Crippen molar-refractivity contribution in [3.63, 3.8) is 0 Å². The zero-order valence-corrected chi connectivity index (χ0v) is 22.5. The second-order valence-corrected chi connectivity index (χ2v) is 10.5. The predicted octanol–water partition coefficient (Wildman–Crippen LogP) is 3.24. The molecule has 0 bridgehead atoms. The van der Waals surface area contributed by atoms with Gasteiger partial charge in [0.05, 0.1) is 6.26 Å². The second kappa shape index (κ2) is 12.7. The molecule has 0 aliphatic carbocycles. The summed E-state index contributed by atoms with van der Waals surface area (Å²) in [5.74, 6) is -0.717. The van der Waals surface area contributed by atoms with E-state index in [1.807, 2.05) is 34.1 Å². The number of carbonyl (C=O) groups excluding carboxylic acids is 3. The number of piperidine rings is 2. The Hall–Kier alpha value is -4.28. The molecule has 0 saturated carbocycles. The molecule has 1 aromatic heterocycles. The van der Waals surface area contributed by atoms with Crippen LogP contribution in [-0.4, -0.2) is 75.9 Å². The lowest BCUT2D eigenvalue weighted by Gasteiger charge is -2.41. The van der Waals surface area contributed by atoms with E-state index in [0.29, 0.717) is 45.6 Å². The molecule has 11 nitrogen and oxygen atoms in total. The average molecular weight is 549 g/mol. The molecule has 0 spiro atoms. The van der Waals surface area contributed by atoms with Gasteiger partial charge in [0.1, 0.15) is 6.04 Å². The van der Waals surface area contributed by atoms with Gasteiger partial charge in [0.2, 0.25) is 5.91 Å². The van der Waals surface area contributed by atoms with Gasteiger partial charge in [-0.05, 0) is 61.4 Å². The van der Waals surface area contributed by atoms with E-state index in [0.717, 1.165) is 36.1 Å². The molecule has 2 saturated heterocycles. The van der Waals surface area contributed by atoms with Crippen molar-refractivity contribution in [1.29, 1.82) is 0 Å². The number of aromatic amines is 1. The van der Waals surface area contributed by atoms with Crippen LogP contribution >= 0.6 is 0 Å². The van der Waals surface area contributed by atoms with Crippen LogP contribution in [0.25, 0.3) is 0 Å². The Kier molecular flexibility index (Phi) is 8.68. The molecule has 1 atom stereocenters. The first kappa shape index (κ1) is 27.3. The molecular weight excluding hydrogens is 512 g/mol. The summed E-state index contributed by atoms with van der Waals surface area (Å²) in [6.45, 7) is 2.87. The lowest BCUT2D eigenvalue weighted by molar-refractivity contribution is -0.134. The van der Waals surface area contributed by atoms with Crippen LogP contribution in [0.4, 0.5) is 15.3 Å². The summed E-state index contributed by atoms with van der Waals surface area (Å²) in [7, 11) is 0. The molecule has 3 aliphatic heterocycles. The molecule has 4 heterocycles. The normalized spacial score (nSPS) is 18.3. The van der Waals surface area contributed by atoms with Crippen molar-refractivity contribution < 1.29 is 18.8 Å². The molecule has 2 fully saturated rings. The highest BCUT2D eigenvalue weighted by atomic mass is 16.4. The Bertz CT molecular complexity index is 1320. The fourth-order valence-corrected chi connectivity index (χ4v) is 5.61. The highest BCUT2D eigenvalue weighted by Crippen LogP contribution is 2.27. The van der Waals surface area contributed by atoms with Gasteiger partial charge in [-0.25, -0.2) is 14.4 Å². The Balaban J connectivity index is 1.24. The van der Waals surface area contributed by atoms with Crippen LogP contribution in [0.1, 0.15) is 43.2 Å². The van der Waals surface area contributed by atoms with Gasteiger partial charge in [-0.1, -0.05) is 24.3 Å². The van der Waals surface area contributed by atoms with E-state index in [4.69, 9.17) is 4.42 Å². The zero-order valence-electron chi connectivity index (χ0n) is 22.5. The number of aromatic nitrogens is 1. The van der Waals surface area contributed by atoms with Crippen LogP contribution < -0.4 is 16.4 Å². The Morgan fingerprint density at radius 1 is 0.950 bits per heavy atom. The van der Waals surface area contributed by atoms with Gasteiger partial charge >= 0.3 is 17.8 Å². The number of hydrogen-bond acceptors (Lipinski definition) is 5. The number of urea groups is 2. The first-order valence-electron chi connectivity index (χ1n) is 14.0. The van der Waals surface area contributed by atoms with Crippen LogP contribution in [0, 0.1) is 0 Å². The van der Waals surface area contributed by atoms with Gasteiger partial charge in [0.15, 0.2) is 0 Å². The number of hydrogen-bond donors (Lipinski definition) is 3. The number of benzene rings is 1. The van der Waals surface area contributed by atoms with E-state index >= 15 is 0 Å². The molecule has 11 heteroatoms. The summed E-state index contributed by atoms with van der Waals surface area (Å²) in [5, 5.41) is 5.96. The Labute approximate surface area is 232 Å². The highest BCUT2D eigenvalue weighted by Gasteiger charge is 2.34. The number of carbonyl (C=O) groups is 3. The highest BCUT2D eigenvalue weighted by molar-refractivity contribution is 5.92. The van der Waals surface area contributed by atoms with E-state index in [1.54, 1.807) is 23.1 Å². The number of nitrogens with one attached hydrogen (secondary N) is 3. The van der Waals surface area contributed by atoms with Crippen molar-refractivity contribution in [1.82, 2.24) is 25.0 Å². The summed E-state index contributed by atoms with van der Waals surface area (Å²) >= 11 is 0. The van der Waals surface area contributed by atoms with Crippen LogP contribution in [0.5, 0.6) is 0 Å². The van der Waals surface area contributed by atoms with E-state index < -0.39 is 11.8 Å². The predicted molar refractivity (Wildman–Crippen MR) is 149 cm³/mol. The SMILES string of the molecule is O=C(NC(Cc1ccc[nH]c(=O)occ1)C(=O)N1CCCCC1)N1CCC(N2Cc3ccccc3NC2=O)CC1. The Morgan fingerprint density at radius 3 is 2.52 bits per heavy atom. The maximum absolute atomic E-state index is 13.5. The monoisotopic (exact) mass is 548 g/mol. The summed E-state index contributed by atoms with van der Waals surface area (Å²) in [5.41, 5.74) is 2.66. The number of likely N-dealkylation sites (tertiary alicyclic amines) is 2. The fourth-order valence-electron chi connectivity index (χ4n) is 5.61. The summed E-state index contributed by atoms with van der Waals surface area (Å²) < 4.78 is 4.97. The number of amides is 5. The molecular formula is C29H36N6O5. The number of para-hydroxylation sites is 1. The molecule has 5 amide bonds. The van der Waals surface area contributed by atoms with Gasteiger partial charge in [-0.3, -0.25) is 9.78 Å². The van der Waals surface area contributed by atoms with Crippen molar-refractivity contribution in [2.75, 3.05) is 31.5 Å². The van der Waals surface area contributed by atoms with Gasteiger partial charge in [0, 0.05) is 57.1 Å². The first-order valence-corrected chi connectivity index (χ1v) is 14.0. The lowest BCUT2D eigenvalue weighted by Crippen LogP contribution is -2.56. The minimum atomic E-state index is -0.763. The summed E-state index contributed by atoms with van der Waals surface area (Å²) in [6, 6.07) is 11.7. The zero-order chi connectivity index (χ0) is 27.9. The third-order valence-electron chi connectivity index (χ3n) is 7.82. The molecule has 40 heavy (non-hydrogen) atoms. The van der Waals surface area contributed by atoms with E-state index in [1.165, 1.54) is 12.5 Å². The first-order chi connectivity index (χ1) is 19.5. The van der Waals surface area contributed by atoms with E-state index in [9.17, 15) is 19.2 Å². The van der Waals surface area contributed by atoms with Crippen molar-refractivity contribution in [3.05, 3.63) is 76.6 Å². The number of H-pyrrole nitrogens is 1. The van der Waals surface area contributed by atoms with E-state index in [2.05, 4.69) is 15.6 Å². The number of anilines is 1. The average Bonchev–Trinajstić information content (AvgIpc) is 3.08. The molecule has 3 N–H and O–H groups in total. The molecule has 1 unspecified atom stereocenters. The fraction of sp³-hybridized carbons (Fsp3) is 0.448. The minimum absolute atomic E-state index is 0.0282. The van der Waals surface area contributed by atoms with Crippen molar-refractivity contribution in [3.8, 4) is 0 Å². The standard InChI is InChI=1S/C29H36N6O5/c36-26(33-14-4-1-5-15-33)25(19-21-7-6-13-30-29(39)40-18-12-21)32-27(37)34-16-10-23(11-17-34)35-20-22-8-2-3-9-24(22)31-28(35)38/h2-3,6-9,12-13,18,23,25H,1,4-5,10-11,14-17,19-20H2,(H,30,39)(H,31,38)(H,32,37). The topological polar surface area (TPSA) is 131 Å². The van der Waals surface area contributed by atoms with E-state index in [-0.39, 0.29) is 30.4 Å². The van der Waals surface area contributed by atoms with Crippen LogP contribution in [0.2, 0.25) is 0 Å². The van der Waals surface area contributed by atoms with Gasteiger partial charge in [-0.2, -0.15) is 0 Å². The maximum atomic E-state index is 13.5. The largest absolute Gasteiger partial charge is 0.418 e. The van der Waals surface area contributed by atoms with Crippen LogP contribution in [-0.2, 0) is 17.8 Å². The minimum Gasteiger partial charge on any atom is -0.418 e.